The van der Waals surface area contributed by atoms with Crippen LogP contribution < -0.4 is 0 Å². The second kappa shape index (κ2) is 2.21. The Morgan fingerprint density at radius 3 is 2.25 bits per heavy atom. The third-order valence-electron chi connectivity index (χ3n) is 4.88. The fourth-order valence-corrected chi connectivity index (χ4v) is 3.86. The molecule has 0 spiro atoms. The zero-order valence-corrected chi connectivity index (χ0v) is 9.07. The number of nitriles is 3. The summed E-state index contributed by atoms with van der Waals surface area (Å²) in [6, 6.07) is 6.55. The molecule has 0 heterocycles. The van der Waals surface area contributed by atoms with Gasteiger partial charge in [0.25, 0.3) is 0 Å². The Hall–Kier alpha value is -2.05. The third-order valence-corrected chi connectivity index (χ3v) is 4.88. The molecular formula is C13H9N3. The van der Waals surface area contributed by atoms with Crippen LogP contribution in [0.4, 0.5) is 0 Å². The molecule has 4 unspecified atom stereocenters. The highest BCUT2D eigenvalue weighted by atomic mass is 14.8. The largest absolute Gasteiger partial charge is 0.193 e. The van der Waals surface area contributed by atoms with Gasteiger partial charge in [-0.15, -0.1) is 0 Å². The van der Waals surface area contributed by atoms with Gasteiger partial charge in [-0.3, -0.25) is 0 Å². The molecule has 3 aliphatic rings. The van der Waals surface area contributed by atoms with E-state index in [2.05, 4.69) is 25.1 Å². The molecule has 1 saturated carbocycles. The van der Waals surface area contributed by atoms with Crippen LogP contribution in [0.5, 0.6) is 0 Å². The van der Waals surface area contributed by atoms with E-state index in [1.807, 2.05) is 13.0 Å². The highest BCUT2D eigenvalue weighted by Crippen LogP contribution is 2.83. The standard InChI is InChI=1S/C13H9N3/c1-12-3-7(4-14)10-11(13(10,12)2)8(5-15)9(12)6-16/h3,10-11H,1-2H3. The van der Waals surface area contributed by atoms with Crippen molar-refractivity contribution in [3.8, 4) is 18.2 Å². The molecule has 0 bridgehead atoms. The van der Waals surface area contributed by atoms with Gasteiger partial charge in [0.2, 0.25) is 0 Å². The van der Waals surface area contributed by atoms with Gasteiger partial charge in [-0.25, -0.2) is 0 Å². The van der Waals surface area contributed by atoms with E-state index in [4.69, 9.17) is 10.5 Å². The molecule has 0 radical (unpaired) electrons. The van der Waals surface area contributed by atoms with Gasteiger partial charge >= 0.3 is 0 Å². The van der Waals surface area contributed by atoms with E-state index in [0.717, 1.165) is 5.57 Å². The molecule has 0 N–H and O–H groups in total. The molecule has 0 aliphatic heterocycles. The maximum absolute atomic E-state index is 9.19. The van der Waals surface area contributed by atoms with Gasteiger partial charge in [-0.05, 0) is 5.41 Å². The number of hydrogen-bond donors (Lipinski definition) is 0. The van der Waals surface area contributed by atoms with Gasteiger partial charge in [0, 0.05) is 28.4 Å². The van der Waals surface area contributed by atoms with Gasteiger partial charge in [0.05, 0.1) is 23.8 Å². The van der Waals surface area contributed by atoms with Crippen molar-refractivity contribution in [2.45, 2.75) is 13.8 Å². The summed E-state index contributed by atoms with van der Waals surface area (Å²) in [5.41, 5.74) is 1.46. The van der Waals surface area contributed by atoms with Gasteiger partial charge < -0.3 is 0 Å². The topological polar surface area (TPSA) is 71.4 Å². The summed E-state index contributed by atoms with van der Waals surface area (Å²) in [6.45, 7) is 4.07. The molecule has 0 aromatic rings. The smallest absolute Gasteiger partial charge is 0.0967 e. The summed E-state index contributed by atoms with van der Waals surface area (Å²) in [6.07, 6.45) is 1.90. The average molecular weight is 207 g/mol. The summed E-state index contributed by atoms with van der Waals surface area (Å²) in [5, 5.41) is 27.4. The lowest BCUT2D eigenvalue weighted by Gasteiger charge is -2.26. The number of hydrogen-bond acceptors (Lipinski definition) is 3. The van der Waals surface area contributed by atoms with Crippen LogP contribution in [0, 0.1) is 56.7 Å². The minimum absolute atomic E-state index is 0.0891. The highest BCUT2D eigenvalue weighted by molar-refractivity contribution is 5.66. The maximum atomic E-state index is 9.19. The molecular weight excluding hydrogens is 198 g/mol. The second-order valence-corrected chi connectivity index (χ2v) is 5.16. The highest BCUT2D eigenvalue weighted by Gasteiger charge is 2.80. The minimum atomic E-state index is -0.396. The molecule has 16 heavy (non-hydrogen) atoms. The van der Waals surface area contributed by atoms with Crippen LogP contribution in [0.15, 0.2) is 22.8 Å². The molecule has 0 saturated heterocycles. The molecule has 3 nitrogen and oxygen atoms in total. The van der Waals surface area contributed by atoms with E-state index >= 15 is 0 Å². The predicted octanol–water partition coefficient (Wildman–Crippen LogP) is 2.07. The molecule has 76 valence electrons. The van der Waals surface area contributed by atoms with Crippen LogP contribution in [0.2, 0.25) is 0 Å². The van der Waals surface area contributed by atoms with Crippen molar-refractivity contribution in [1.82, 2.24) is 0 Å². The van der Waals surface area contributed by atoms with Gasteiger partial charge in [-0.1, -0.05) is 19.9 Å². The molecule has 3 rings (SSSR count). The van der Waals surface area contributed by atoms with Crippen molar-refractivity contribution < 1.29 is 0 Å². The molecule has 3 aliphatic carbocycles. The van der Waals surface area contributed by atoms with Crippen molar-refractivity contribution in [1.29, 1.82) is 15.8 Å². The summed E-state index contributed by atoms with van der Waals surface area (Å²) < 4.78 is 0. The van der Waals surface area contributed by atoms with Crippen molar-refractivity contribution >= 4 is 0 Å². The SMILES string of the molecule is CC12C=C(C#N)C3C(C(C#N)=C1C#N)C32C. The first kappa shape index (κ1) is 9.20. The molecule has 1 fully saturated rings. The van der Waals surface area contributed by atoms with Crippen molar-refractivity contribution in [2.24, 2.45) is 22.7 Å². The van der Waals surface area contributed by atoms with Crippen LogP contribution in [0.3, 0.4) is 0 Å². The lowest BCUT2D eigenvalue weighted by molar-refractivity contribution is 0.322. The van der Waals surface area contributed by atoms with E-state index < -0.39 is 5.41 Å². The number of allylic oxidation sites excluding steroid dienone is 4. The van der Waals surface area contributed by atoms with Crippen molar-refractivity contribution in [2.75, 3.05) is 0 Å². The van der Waals surface area contributed by atoms with E-state index in [1.165, 1.54) is 0 Å². The van der Waals surface area contributed by atoms with E-state index in [9.17, 15) is 5.26 Å². The second-order valence-electron chi connectivity index (χ2n) is 5.16. The van der Waals surface area contributed by atoms with E-state index in [-0.39, 0.29) is 17.3 Å². The Morgan fingerprint density at radius 2 is 1.75 bits per heavy atom. The Morgan fingerprint density at radius 1 is 1.06 bits per heavy atom. The summed E-state index contributed by atoms with van der Waals surface area (Å²) >= 11 is 0. The van der Waals surface area contributed by atoms with E-state index in [1.54, 1.807) is 0 Å². The Labute approximate surface area is 93.9 Å². The Bertz CT molecular complexity index is 605. The zero-order valence-electron chi connectivity index (χ0n) is 9.07. The number of nitrogens with zero attached hydrogens (tertiary/aromatic N) is 3. The third kappa shape index (κ3) is 0.574. The van der Waals surface area contributed by atoms with Crippen molar-refractivity contribution in [3.63, 3.8) is 0 Å². The van der Waals surface area contributed by atoms with Gasteiger partial charge in [-0.2, -0.15) is 15.8 Å². The Kier molecular flexibility index (Phi) is 1.27. The first-order chi connectivity index (χ1) is 7.56. The van der Waals surface area contributed by atoms with Gasteiger partial charge in [0.1, 0.15) is 0 Å². The molecule has 4 atom stereocenters. The molecule has 0 aromatic heterocycles. The summed E-state index contributed by atoms with van der Waals surface area (Å²) in [5.74, 6) is 0.283. The average Bonchev–Trinajstić information content (AvgIpc) is 2.79. The minimum Gasteiger partial charge on any atom is -0.193 e. The summed E-state index contributed by atoms with van der Waals surface area (Å²) in [7, 11) is 0. The lowest BCUT2D eigenvalue weighted by Crippen LogP contribution is -2.22. The first-order valence-electron chi connectivity index (χ1n) is 5.24. The van der Waals surface area contributed by atoms with Crippen LogP contribution >= 0.6 is 0 Å². The Balaban J connectivity index is 2.29. The maximum Gasteiger partial charge on any atom is 0.0967 e. The molecule has 0 amide bonds. The fourth-order valence-electron chi connectivity index (χ4n) is 3.86. The summed E-state index contributed by atoms with van der Waals surface area (Å²) in [4.78, 5) is 0. The quantitative estimate of drug-likeness (QED) is 0.610. The normalized spacial score (nSPS) is 46.6. The van der Waals surface area contributed by atoms with Crippen LogP contribution in [-0.4, -0.2) is 0 Å². The van der Waals surface area contributed by atoms with Crippen LogP contribution in [0.1, 0.15) is 13.8 Å². The molecule has 3 heteroatoms. The number of fused-ring (bicyclic) bond motifs is 1. The predicted molar refractivity (Wildman–Crippen MR) is 55.1 cm³/mol. The van der Waals surface area contributed by atoms with E-state index in [0.29, 0.717) is 11.1 Å². The van der Waals surface area contributed by atoms with Gasteiger partial charge in [0.15, 0.2) is 0 Å². The monoisotopic (exact) mass is 207 g/mol. The zero-order chi connectivity index (χ0) is 11.7. The van der Waals surface area contributed by atoms with Crippen LogP contribution in [-0.2, 0) is 0 Å². The van der Waals surface area contributed by atoms with Crippen molar-refractivity contribution in [3.05, 3.63) is 22.8 Å². The first-order valence-corrected chi connectivity index (χ1v) is 5.24. The van der Waals surface area contributed by atoms with Crippen LogP contribution in [0.25, 0.3) is 0 Å². The number of rotatable bonds is 0. The fraction of sp³-hybridized carbons (Fsp3) is 0.462. The molecule has 0 aromatic carbocycles. The lowest BCUT2D eigenvalue weighted by atomic mass is 9.74.